The van der Waals surface area contributed by atoms with Crippen LogP contribution in [0.4, 0.5) is 5.69 Å². The molecule has 0 atom stereocenters. The standard InChI is InChI=1S/C16H23N3O3/c1-12-9-14-16(17-10-12)21-8-7-19(14)15(20)11-22-13-3-5-18(2)6-4-13/h9-10,13H,3-8,11H2,1-2H3. The van der Waals surface area contributed by atoms with Crippen LogP contribution in [-0.2, 0) is 9.53 Å². The van der Waals surface area contributed by atoms with Crippen LogP contribution in [0, 0.1) is 6.92 Å². The van der Waals surface area contributed by atoms with Gasteiger partial charge in [-0.3, -0.25) is 4.79 Å². The summed E-state index contributed by atoms with van der Waals surface area (Å²) in [6.07, 6.45) is 3.92. The number of fused-ring (bicyclic) bond motifs is 1. The Morgan fingerprint density at radius 1 is 1.41 bits per heavy atom. The Balaban J connectivity index is 1.60. The third-order valence-corrected chi connectivity index (χ3v) is 4.22. The minimum absolute atomic E-state index is 0.0177. The Morgan fingerprint density at radius 2 is 2.18 bits per heavy atom. The van der Waals surface area contributed by atoms with E-state index in [0.29, 0.717) is 19.0 Å². The number of hydrogen-bond donors (Lipinski definition) is 0. The van der Waals surface area contributed by atoms with Crippen LogP contribution in [0.25, 0.3) is 0 Å². The molecule has 120 valence electrons. The lowest BCUT2D eigenvalue weighted by Gasteiger charge is -2.31. The maximum absolute atomic E-state index is 12.5. The van der Waals surface area contributed by atoms with E-state index in [2.05, 4.69) is 16.9 Å². The molecule has 3 heterocycles. The van der Waals surface area contributed by atoms with Crippen LogP contribution in [0.2, 0.25) is 0 Å². The fourth-order valence-corrected chi connectivity index (χ4v) is 2.88. The van der Waals surface area contributed by atoms with Crippen molar-refractivity contribution < 1.29 is 14.3 Å². The highest BCUT2D eigenvalue weighted by Crippen LogP contribution is 2.30. The second kappa shape index (κ2) is 6.62. The number of carbonyl (C=O) groups excluding carboxylic acids is 1. The Morgan fingerprint density at radius 3 is 2.95 bits per heavy atom. The van der Waals surface area contributed by atoms with Crippen molar-refractivity contribution in [3.63, 3.8) is 0 Å². The number of anilines is 1. The maximum atomic E-state index is 12.5. The van der Waals surface area contributed by atoms with Gasteiger partial charge < -0.3 is 19.3 Å². The molecule has 1 amide bonds. The molecule has 0 saturated carbocycles. The largest absolute Gasteiger partial charge is 0.474 e. The number of piperidine rings is 1. The van der Waals surface area contributed by atoms with E-state index in [1.165, 1.54) is 0 Å². The number of likely N-dealkylation sites (tertiary alicyclic amines) is 1. The van der Waals surface area contributed by atoms with E-state index in [4.69, 9.17) is 9.47 Å². The number of aromatic nitrogens is 1. The molecule has 1 aromatic rings. The van der Waals surface area contributed by atoms with Crippen LogP contribution in [-0.4, -0.2) is 61.8 Å². The molecule has 1 saturated heterocycles. The summed E-state index contributed by atoms with van der Waals surface area (Å²) in [5.41, 5.74) is 1.77. The second-order valence-electron chi connectivity index (χ2n) is 6.04. The molecule has 6 heteroatoms. The average molecular weight is 305 g/mol. The molecule has 1 fully saturated rings. The first kappa shape index (κ1) is 15.2. The van der Waals surface area contributed by atoms with Crippen LogP contribution >= 0.6 is 0 Å². The third kappa shape index (κ3) is 3.39. The van der Waals surface area contributed by atoms with Crippen LogP contribution in [0.1, 0.15) is 18.4 Å². The Hall–Kier alpha value is -1.66. The van der Waals surface area contributed by atoms with Gasteiger partial charge in [0.25, 0.3) is 5.91 Å². The third-order valence-electron chi connectivity index (χ3n) is 4.22. The van der Waals surface area contributed by atoms with E-state index in [9.17, 15) is 4.79 Å². The topological polar surface area (TPSA) is 54.9 Å². The molecule has 2 aliphatic heterocycles. The molecule has 2 aliphatic rings. The van der Waals surface area contributed by atoms with E-state index in [0.717, 1.165) is 37.2 Å². The van der Waals surface area contributed by atoms with E-state index in [1.807, 2.05) is 13.0 Å². The van der Waals surface area contributed by atoms with Gasteiger partial charge in [-0.25, -0.2) is 4.98 Å². The van der Waals surface area contributed by atoms with Gasteiger partial charge in [-0.05, 0) is 38.4 Å². The lowest BCUT2D eigenvalue weighted by atomic mass is 10.1. The van der Waals surface area contributed by atoms with Gasteiger partial charge in [-0.2, -0.15) is 0 Å². The minimum Gasteiger partial charge on any atom is -0.474 e. The fourth-order valence-electron chi connectivity index (χ4n) is 2.88. The van der Waals surface area contributed by atoms with Crippen LogP contribution in [0.5, 0.6) is 5.88 Å². The molecule has 22 heavy (non-hydrogen) atoms. The van der Waals surface area contributed by atoms with E-state index in [-0.39, 0.29) is 18.6 Å². The zero-order chi connectivity index (χ0) is 15.5. The lowest BCUT2D eigenvalue weighted by Crippen LogP contribution is -2.42. The Bertz CT molecular complexity index is 541. The lowest BCUT2D eigenvalue weighted by molar-refractivity contribution is -0.126. The SMILES string of the molecule is Cc1cnc2c(c1)N(C(=O)COC1CCN(C)CC1)CCO2. The van der Waals surface area contributed by atoms with Crippen LogP contribution in [0.15, 0.2) is 12.3 Å². The van der Waals surface area contributed by atoms with Crippen molar-refractivity contribution in [2.75, 3.05) is 44.8 Å². The predicted octanol–water partition coefficient (Wildman–Crippen LogP) is 1.23. The molecular formula is C16H23N3O3. The highest BCUT2D eigenvalue weighted by molar-refractivity contribution is 5.95. The zero-order valence-electron chi connectivity index (χ0n) is 13.2. The number of ether oxygens (including phenoxy) is 2. The molecule has 1 aromatic heterocycles. The molecule has 3 rings (SSSR count). The van der Waals surface area contributed by atoms with E-state index >= 15 is 0 Å². The van der Waals surface area contributed by atoms with Crippen LogP contribution < -0.4 is 9.64 Å². The second-order valence-corrected chi connectivity index (χ2v) is 6.04. The number of pyridine rings is 1. The number of amides is 1. The van der Waals surface area contributed by atoms with Crippen LogP contribution in [0.3, 0.4) is 0 Å². The summed E-state index contributed by atoms with van der Waals surface area (Å²) in [7, 11) is 2.11. The molecule has 0 radical (unpaired) electrons. The summed E-state index contributed by atoms with van der Waals surface area (Å²) in [5, 5.41) is 0. The van der Waals surface area contributed by atoms with Crippen molar-refractivity contribution in [2.45, 2.75) is 25.9 Å². The minimum atomic E-state index is -0.0177. The van der Waals surface area contributed by atoms with Gasteiger partial charge in [0.1, 0.15) is 18.9 Å². The monoisotopic (exact) mass is 305 g/mol. The van der Waals surface area contributed by atoms with Gasteiger partial charge in [-0.15, -0.1) is 0 Å². The van der Waals surface area contributed by atoms with Gasteiger partial charge in [-0.1, -0.05) is 0 Å². The van der Waals surface area contributed by atoms with Crippen molar-refractivity contribution in [3.8, 4) is 5.88 Å². The van der Waals surface area contributed by atoms with Crippen molar-refractivity contribution in [1.82, 2.24) is 9.88 Å². The summed E-state index contributed by atoms with van der Waals surface area (Å²) in [5.74, 6) is 0.514. The van der Waals surface area contributed by atoms with Gasteiger partial charge >= 0.3 is 0 Å². The van der Waals surface area contributed by atoms with Crippen molar-refractivity contribution in [3.05, 3.63) is 17.8 Å². The van der Waals surface area contributed by atoms with Crippen molar-refractivity contribution >= 4 is 11.6 Å². The van der Waals surface area contributed by atoms with Gasteiger partial charge in [0.05, 0.1) is 12.6 Å². The first-order valence-electron chi connectivity index (χ1n) is 7.83. The van der Waals surface area contributed by atoms with Crippen molar-refractivity contribution in [1.29, 1.82) is 0 Å². The predicted molar refractivity (Wildman–Crippen MR) is 83.3 cm³/mol. The number of carbonyl (C=O) groups is 1. The van der Waals surface area contributed by atoms with Gasteiger partial charge in [0.2, 0.25) is 5.88 Å². The first-order valence-corrected chi connectivity index (χ1v) is 7.83. The summed E-state index contributed by atoms with van der Waals surface area (Å²) in [4.78, 5) is 20.7. The van der Waals surface area contributed by atoms with Gasteiger partial charge in [0, 0.05) is 19.3 Å². The molecule has 0 unspecified atom stereocenters. The quantitative estimate of drug-likeness (QED) is 0.840. The molecule has 0 bridgehead atoms. The smallest absolute Gasteiger partial charge is 0.253 e. The molecule has 0 N–H and O–H groups in total. The summed E-state index contributed by atoms with van der Waals surface area (Å²) in [6.45, 7) is 5.17. The van der Waals surface area contributed by atoms with E-state index in [1.54, 1.807) is 11.1 Å². The number of aryl methyl sites for hydroxylation is 1. The number of hydrogen-bond acceptors (Lipinski definition) is 5. The summed E-state index contributed by atoms with van der Waals surface area (Å²) in [6, 6.07) is 1.94. The van der Waals surface area contributed by atoms with E-state index < -0.39 is 0 Å². The zero-order valence-corrected chi connectivity index (χ0v) is 13.2. The fraction of sp³-hybridized carbons (Fsp3) is 0.625. The molecule has 0 aliphatic carbocycles. The summed E-state index contributed by atoms with van der Waals surface area (Å²) < 4.78 is 11.3. The first-order chi connectivity index (χ1) is 10.6. The summed E-state index contributed by atoms with van der Waals surface area (Å²) >= 11 is 0. The maximum Gasteiger partial charge on any atom is 0.253 e. The Labute approximate surface area is 131 Å². The molecular weight excluding hydrogens is 282 g/mol. The molecule has 0 aromatic carbocycles. The molecule has 6 nitrogen and oxygen atoms in total. The normalized spacial score (nSPS) is 19.6. The molecule has 0 spiro atoms. The Kier molecular flexibility index (Phi) is 4.59. The average Bonchev–Trinajstić information content (AvgIpc) is 2.53. The highest BCUT2D eigenvalue weighted by atomic mass is 16.5. The number of rotatable bonds is 3. The number of nitrogens with zero attached hydrogens (tertiary/aromatic N) is 3. The van der Waals surface area contributed by atoms with Gasteiger partial charge in [0.15, 0.2) is 0 Å². The highest BCUT2D eigenvalue weighted by Gasteiger charge is 2.26. The van der Waals surface area contributed by atoms with Crippen molar-refractivity contribution in [2.24, 2.45) is 0 Å².